The molecule has 41 heavy (non-hydrogen) atoms. The Morgan fingerprint density at radius 1 is 0.732 bits per heavy atom. The van der Waals surface area contributed by atoms with Gasteiger partial charge in [0, 0.05) is 9.58 Å². The van der Waals surface area contributed by atoms with Gasteiger partial charge in [0.2, 0.25) is 0 Å². The first kappa shape index (κ1) is 26.2. The van der Waals surface area contributed by atoms with Gasteiger partial charge in [-0.3, -0.25) is 0 Å². The van der Waals surface area contributed by atoms with Crippen molar-refractivity contribution in [3.63, 3.8) is 0 Å². The fraction of sp³-hybridized carbons (Fsp3) is 0.200. The van der Waals surface area contributed by atoms with E-state index in [1.165, 1.54) is 53.9 Å². The molecule has 0 amide bonds. The molecule has 0 saturated heterocycles. The van der Waals surface area contributed by atoms with Crippen LogP contribution in [0.5, 0.6) is 11.5 Å². The lowest BCUT2D eigenvalue weighted by atomic mass is 9.61. The van der Waals surface area contributed by atoms with Crippen molar-refractivity contribution in [2.45, 2.75) is 19.3 Å². The summed E-state index contributed by atoms with van der Waals surface area (Å²) < 4.78 is 13.0. The number of hydrogen-bond donors (Lipinski definition) is 2. The van der Waals surface area contributed by atoms with Crippen molar-refractivity contribution >= 4 is 50.5 Å². The highest BCUT2D eigenvalue weighted by Crippen LogP contribution is 2.59. The van der Waals surface area contributed by atoms with Crippen LogP contribution in [0.4, 0.5) is 0 Å². The van der Waals surface area contributed by atoms with Crippen LogP contribution < -0.4 is 9.47 Å². The van der Waals surface area contributed by atoms with Crippen LogP contribution in [0.25, 0.3) is 27.8 Å². The van der Waals surface area contributed by atoms with E-state index in [4.69, 9.17) is 9.47 Å². The van der Waals surface area contributed by atoms with E-state index >= 15 is 0 Å². The lowest BCUT2D eigenvalue weighted by Crippen LogP contribution is -2.34. The van der Waals surface area contributed by atoms with Gasteiger partial charge in [0.1, 0.15) is 24.7 Å². The minimum absolute atomic E-state index is 0.0237. The van der Waals surface area contributed by atoms with Gasteiger partial charge in [-0.25, -0.2) is 0 Å². The molecule has 2 aliphatic carbocycles. The Labute approximate surface area is 247 Å². The van der Waals surface area contributed by atoms with Crippen molar-refractivity contribution in [3.05, 3.63) is 121 Å². The van der Waals surface area contributed by atoms with Crippen molar-refractivity contribution in [2.75, 3.05) is 26.4 Å². The summed E-state index contributed by atoms with van der Waals surface area (Å²) in [7, 11) is 0. The van der Waals surface area contributed by atoms with E-state index in [-0.39, 0.29) is 26.4 Å². The van der Waals surface area contributed by atoms with Gasteiger partial charge in [0.05, 0.1) is 18.6 Å². The number of aliphatic hydroxyl groups is 2. The summed E-state index contributed by atoms with van der Waals surface area (Å²) in [4.78, 5) is 1.26. The Morgan fingerprint density at radius 2 is 1.39 bits per heavy atom. The number of aliphatic hydroxyl groups excluding tert-OH is 2. The number of hydrogen-bond acceptors (Lipinski definition) is 6. The summed E-state index contributed by atoms with van der Waals surface area (Å²) in [6.07, 6.45) is 4.75. The molecule has 0 aliphatic heterocycles. The van der Waals surface area contributed by atoms with E-state index in [9.17, 15) is 10.2 Å². The molecule has 0 spiro atoms. The van der Waals surface area contributed by atoms with Crippen LogP contribution >= 0.6 is 22.7 Å². The Kier molecular flexibility index (Phi) is 6.59. The van der Waals surface area contributed by atoms with Gasteiger partial charge in [-0.1, -0.05) is 24.3 Å². The van der Waals surface area contributed by atoms with Crippen molar-refractivity contribution < 1.29 is 19.7 Å². The first-order valence-electron chi connectivity index (χ1n) is 13.8. The van der Waals surface area contributed by atoms with Crippen LogP contribution in [0.2, 0.25) is 0 Å². The first-order chi connectivity index (χ1) is 20.0. The molecule has 0 unspecified atom stereocenters. The summed E-state index contributed by atoms with van der Waals surface area (Å²) in [5, 5.41) is 24.3. The quantitative estimate of drug-likeness (QED) is 0.199. The molecule has 5 aromatic rings. The molecular formula is C35H30O4S2. The minimum atomic E-state index is -0.563. The second kappa shape index (κ2) is 10.3. The molecule has 4 nitrogen and oxygen atoms in total. The fourth-order valence-electron chi connectivity index (χ4n) is 6.43. The van der Waals surface area contributed by atoms with E-state index in [2.05, 4.69) is 85.3 Å². The van der Waals surface area contributed by atoms with Crippen LogP contribution in [-0.2, 0) is 5.41 Å². The second-order valence-electron chi connectivity index (χ2n) is 10.6. The summed E-state index contributed by atoms with van der Waals surface area (Å²) in [5.74, 6) is 1.56. The summed E-state index contributed by atoms with van der Waals surface area (Å²) in [6.45, 7) is 4.62. The molecule has 206 valence electrons. The smallest absolute Gasteiger partial charge is 0.122 e. The third-order valence-corrected chi connectivity index (χ3v) is 9.94. The molecule has 0 bridgehead atoms. The SMILES string of the molecule is Cc1cc(C2(c3ccc(OCCO)c(C)c3)C3=Cc4cc5sccc5cc4C3=Cc3sccc32)ccc1OCCO. The van der Waals surface area contributed by atoms with Crippen LogP contribution in [0.3, 0.4) is 0 Å². The molecule has 3 aromatic carbocycles. The van der Waals surface area contributed by atoms with Gasteiger partial charge < -0.3 is 19.7 Å². The number of rotatable bonds is 8. The van der Waals surface area contributed by atoms with E-state index in [1.807, 2.05) is 12.1 Å². The van der Waals surface area contributed by atoms with Crippen LogP contribution in [0, 0.1) is 13.8 Å². The van der Waals surface area contributed by atoms with Gasteiger partial charge >= 0.3 is 0 Å². The third-order valence-electron chi connectivity index (χ3n) is 8.20. The maximum absolute atomic E-state index is 9.34. The van der Waals surface area contributed by atoms with Crippen LogP contribution in [-0.4, -0.2) is 36.6 Å². The van der Waals surface area contributed by atoms with Crippen molar-refractivity contribution in [1.82, 2.24) is 0 Å². The normalized spacial score (nSPS) is 14.7. The monoisotopic (exact) mass is 578 g/mol. The maximum Gasteiger partial charge on any atom is 0.122 e. The van der Waals surface area contributed by atoms with Gasteiger partial charge in [0.15, 0.2) is 0 Å². The van der Waals surface area contributed by atoms with E-state index in [0.29, 0.717) is 0 Å². The number of ether oxygens (including phenoxy) is 2. The molecule has 0 fully saturated rings. The zero-order chi connectivity index (χ0) is 28.1. The van der Waals surface area contributed by atoms with E-state index in [1.54, 1.807) is 22.7 Å². The van der Waals surface area contributed by atoms with E-state index in [0.717, 1.165) is 22.6 Å². The Balaban J connectivity index is 1.51. The van der Waals surface area contributed by atoms with Gasteiger partial charge in [-0.2, -0.15) is 0 Å². The highest BCUT2D eigenvalue weighted by molar-refractivity contribution is 7.17. The number of aryl methyl sites for hydroxylation is 2. The predicted octanol–water partition coefficient (Wildman–Crippen LogP) is 7.61. The molecule has 0 saturated carbocycles. The zero-order valence-electron chi connectivity index (χ0n) is 22.9. The molecule has 2 heterocycles. The predicted molar refractivity (Wildman–Crippen MR) is 169 cm³/mol. The van der Waals surface area contributed by atoms with Gasteiger partial charge in [-0.15, -0.1) is 22.7 Å². The van der Waals surface area contributed by atoms with Crippen LogP contribution in [0.1, 0.15) is 43.8 Å². The van der Waals surface area contributed by atoms with Gasteiger partial charge in [-0.05, 0) is 129 Å². The Bertz CT molecular complexity index is 1800. The molecule has 2 aromatic heterocycles. The maximum atomic E-state index is 9.34. The molecule has 2 N–H and O–H groups in total. The third kappa shape index (κ3) is 4.09. The van der Waals surface area contributed by atoms with Crippen LogP contribution in [0.15, 0.2) is 77.0 Å². The fourth-order valence-corrected chi connectivity index (χ4v) is 8.13. The highest BCUT2D eigenvalue weighted by atomic mass is 32.1. The minimum Gasteiger partial charge on any atom is -0.491 e. The molecule has 2 aliphatic rings. The second-order valence-corrected chi connectivity index (χ2v) is 12.5. The summed E-state index contributed by atoms with van der Waals surface area (Å²) >= 11 is 3.55. The Morgan fingerprint density at radius 3 is 2.02 bits per heavy atom. The molecular weight excluding hydrogens is 549 g/mol. The standard InChI is InChI=1S/C35H30O4S2/c1-21-15-25(3-5-31(21)38-11-9-36)35(26-4-6-32(22(2)16-26)39-12-10-37)29-8-14-41-34(29)20-28-27-17-23-7-13-40-33(23)19-24(27)18-30(28)35/h3-8,13-20,36-37H,9-12H2,1-2H3. The lowest BCUT2D eigenvalue weighted by molar-refractivity contribution is 0.200. The number of benzene rings is 3. The summed E-state index contributed by atoms with van der Waals surface area (Å²) in [5.41, 5.74) is 10.1. The molecule has 0 atom stereocenters. The van der Waals surface area contributed by atoms with Crippen molar-refractivity contribution in [3.8, 4) is 11.5 Å². The zero-order valence-corrected chi connectivity index (χ0v) is 24.6. The lowest BCUT2D eigenvalue weighted by Gasteiger charge is -2.41. The number of fused-ring (bicyclic) bond motifs is 5. The first-order valence-corrected chi connectivity index (χ1v) is 15.5. The largest absolute Gasteiger partial charge is 0.491 e. The average molecular weight is 579 g/mol. The topological polar surface area (TPSA) is 58.9 Å². The highest BCUT2D eigenvalue weighted by Gasteiger charge is 2.47. The summed E-state index contributed by atoms with van der Waals surface area (Å²) in [6, 6.07) is 22.1. The Hall–Kier alpha value is -3.68. The number of thiophene rings is 2. The molecule has 6 heteroatoms. The molecule has 7 rings (SSSR count). The number of allylic oxidation sites excluding steroid dienone is 2. The van der Waals surface area contributed by atoms with Gasteiger partial charge in [0.25, 0.3) is 0 Å². The average Bonchev–Trinajstić information content (AvgIpc) is 3.72. The van der Waals surface area contributed by atoms with Crippen molar-refractivity contribution in [1.29, 1.82) is 0 Å². The van der Waals surface area contributed by atoms with E-state index < -0.39 is 5.41 Å². The molecule has 0 radical (unpaired) electrons. The van der Waals surface area contributed by atoms with Crippen molar-refractivity contribution in [2.24, 2.45) is 0 Å².